The molecule has 0 unspecified atom stereocenters. The normalized spacial score (nSPS) is 20.5. The number of benzene rings is 1. The van der Waals surface area contributed by atoms with Crippen molar-refractivity contribution >= 4 is 29.3 Å². The molecule has 1 amide bonds. The van der Waals surface area contributed by atoms with Gasteiger partial charge in [-0.2, -0.15) is 0 Å². The summed E-state index contributed by atoms with van der Waals surface area (Å²) in [6, 6.07) is 3.32. The molecule has 26 heavy (non-hydrogen) atoms. The van der Waals surface area contributed by atoms with Crippen molar-refractivity contribution in [1.29, 1.82) is 0 Å². The Morgan fingerprint density at radius 2 is 1.96 bits per heavy atom. The summed E-state index contributed by atoms with van der Waals surface area (Å²) < 4.78 is 16.0. The van der Waals surface area contributed by atoms with Crippen molar-refractivity contribution < 1.29 is 19.0 Å². The van der Waals surface area contributed by atoms with Crippen LogP contribution in [0.2, 0.25) is 10.0 Å². The summed E-state index contributed by atoms with van der Waals surface area (Å²) in [5.74, 6) is 0.625. The Kier molecular flexibility index (Phi) is 6.69. The molecule has 1 fully saturated rings. The van der Waals surface area contributed by atoms with E-state index in [1.165, 1.54) is 0 Å². The zero-order chi connectivity index (χ0) is 19.5. The Balaban J connectivity index is 2.35. The van der Waals surface area contributed by atoms with E-state index in [2.05, 4.69) is 0 Å². The first-order valence-corrected chi connectivity index (χ1v) is 9.14. The second-order valence-electron chi connectivity index (χ2n) is 7.17. The van der Waals surface area contributed by atoms with Gasteiger partial charge < -0.3 is 19.1 Å². The highest BCUT2D eigenvalue weighted by Crippen LogP contribution is 2.43. The fourth-order valence-corrected chi connectivity index (χ4v) is 3.54. The van der Waals surface area contributed by atoms with Gasteiger partial charge in [0.05, 0.1) is 36.6 Å². The third-order valence-corrected chi connectivity index (χ3v) is 4.95. The quantitative estimate of drug-likeness (QED) is 0.645. The van der Waals surface area contributed by atoms with Crippen LogP contribution in [0.5, 0.6) is 5.75 Å². The topological polar surface area (TPSA) is 48.0 Å². The van der Waals surface area contributed by atoms with E-state index in [9.17, 15) is 4.79 Å². The summed E-state index contributed by atoms with van der Waals surface area (Å²) in [7, 11) is 3.16. The van der Waals surface area contributed by atoms with E-state index in [1.54, 1.807) is 37.5 Å². The first kappa shape index (κ1) is 20.7. The number of amides is 1. The number of carbonyl (C=O) groups is 1. The number of likely N-dealkylation sites (tertiary alicyclic amines) is 1. The zero-order valence-corrected chi connectivity index (χ0v) is 17.2. The zero-order valence-electron chi connectivity index (χ0n) is 15.7. The van der Waals surface area contributed by atoms with Crippen LogP contribution in [0, 0.1) is 0 Å². The summed E-state index contributed by atoms with van der Waals surface area (Å²) in [4.78, 5) is 14.3. The molecule has 1 aromatic rings. The maximum absolute atomic E-state index is 12.7. The smallest absolute Gasteiger partial charge is 0.410 e. The monoisotopic (exact) mass is 401 g/mol. The van der Waals surface area contributed by atoms with E-state index in [0.717, 1.165) is 5.56 Å². The standard InChI is InChI=1S/C19H25Cl2NO4/c1-19(2,3)26-18(23)22-11-12(10-13(22)8-9-24-4)16-15(25-5)7-6-14(20)17(16)21/h6-9,12-13H,10-11H2,1-5H3/t12-,13+/m0/s1. The van der Waals surface area contributed by atoms with Crippen molar-refractivity contribution in [3.8, 4) is 5.75 Å². The third kappa shape index (κ3) is 4.77. The first-order chi connectivity index (χ1) is 12.2. The van der Waals surface area contributed by atoms with E-state index in [1.807, 2.05) is 26.8 Å². The number of halogens is 2. The molecule has 1 aliphatic heterocycles. The van der Waals surface area contributed by atoms with Crippen molar-refractivity contribution in [2.45, 2.75) is 44.8 Å². The van der Waals surface area contributed by atoms with Gasteiger partial charge in [0.2, 0.25) is 0 Å². The molecular formula is C19H25Cl2NO4. The van der Waals surface area contributed by atoms with E-state index >= 15 is 0 Å². The fraction of sp³-hybridized carbons (Fsp3) is 0.526. The third-order valence-electron chi connectivity index (χ3n) is 4.13. The molecule has 144 valence electrons. The van der Waals surface area contributed by atoms with Gasteiger partial charge in [0.15, 0.2) is 0 Å². The van der Waals surface area contributed by atoms with Crippen LogP contribution in [0.15, 0.2) is 24.5 Å². The molecule has 0 saturated carbocycles. The number of ether oxygens (including phenoxy) is 3. The second kappa shape index (κ2) is 8.40. The van der Waals surface area contributed by atoms with Crippen molar-refractivity contribution in [2.75, 3.05) is 20.8 Å². The number of hydrogen-bond acceptors (Lipinski definition) is 4. The Morgan fingerprint density at radius 3 is 2.54 bits per heavy atom. The fourth-order valence-electron chi connectivity index (χ4n) is 3.06. The molecule has 0 N–H and O–H groups in total. The number of methoxy groups -OCH3 is 2. The maximum Gasteiger partial charge on any atom is 0.410 e. The highest BCUT2D eigenvalue weighted by molar-refractivity contribution is 6.42. The lowest BCUT2D eigenvalue weighted by atomic mass is 9.95. The summed E-state index contributed by atoms with van der Waals surface area (Å²) >= 11 is 12.7. The Labute approximate surface area is 164 Å². The van der Waals surface area contributed by atoms with E-state index in [4.69, 9.17) is 37.4 Å². The van der Waals surface area contributed by atoms with Gasteiger partial charge >= 0.3 is 6.09 Å². The first-order valence-electron chi connectivity index (χ1n) is 8.39. The Morgan fingerprint density at radius 1 is 1.27 bits per heavy atom. The number of carbonyl (C=O) groups excluding carboxylic acids is 1. The summed E-state index contributed by atoms with van der Waals surface area (Å²) in [6.45, 7) is 5.98. The number of hydrogen-bond donors (Lipinski definition) is 0. The molecule has 0 bridgehead atoms. The van der Waals surface area contributed by atoms with Crippen molar-refractivity contribution in [2.24, 2.45) is 0 Å². The molecule has 5 nitrogen and oxygen atoms in total. The van der Waals surface area contributed by atoms with E-state index in [0.29, 0.717) is 28.8 Å². The Bertz CT molecular complexity index is 685. The summed E-state index contributed by atoms with van der Waals surface area (Å²) in [5, 5.41) is 0.915. The van der Waals surface area contributed by atoms with Gasteiger partial charge in [-0.25, -0.2) is 4.79 Å². The lowest BCUT2D eigenvalue weighted by molar-refractivity contribution is 0.0252. The van der Waals surface area contributed by atoms with Crippen LogP contribution in [-0.2, 0) is 9.47 Å². The predicted molar refractivity (Wildman–Crippen MR) is 103 cm³/mol. The Hall–Kier alpha value is -1.59. The van der Waals surface area contributed by atoms with Crippen LogP contribution in [0.4, 0.5) is 4.79 Å². The van der Waals surface area contributed by atoms with Gasteiger partial charge in [-0.05, 0) is 45.4 Å². The second-order valence-corrected chi connectivity index (χ2v) is 7.96. The highest BCUT2D eigenvalue weighted by atomic mass is 35.5. The molecule has 0 spiro atoms. The molecule has 0 aromatic heterocycles. The average Bonchev–Trinajstić information content (AvgIpc) is 2.97. The lowest BCUT2D eigenvalue weighted by Crippen LogP contribution is -2.39. The highest BCUT2D eigenvalue weighted by Gasteiger charge is 2.39. The van der Waals surface area contributed by atoms with Crippen molar-refractivity contribution in [3.63, 3.8) is 0 Å². The average molecular weight is 402 g/mol. The summed E-state index contributed by atoms with van der Waals surface area (Å²) in [5.41, 5.74) is 0.236. The molecule has 1 aromatic carbocycles. The molecular weight excluding hydrogens is 377 g/mol. The molecule has 7 heteroatoms. The van der Waals surface area contributed by atoms with Gasteiger partial charge in [0.25, 0.3) is 0 Å². The molecule has 1 heterocycles. The molecule has 2 atom stereocenters. The maximum atomic E-state index is 12.7. The minimum Gasteiger partial charge on any atom is -0.505 e. The van der Waals surface area contributed by atoms with Crippen molar-refractivity contribution in [1.82, 2.24) is 4.90 Å². The molecule has 1 saturated heterocycles. The lowest BCUT2D eigenvalue weighted by Gasteiger charge is -2.27. The van der Waals surface area contributed by atoms with Crippen LogP contribution in [0.1, 0.15) is 38.7 Å². The largest absolute Gasteiger partial charge is 0.505 e. The van der Waals surface area contributed by atoms with Crippen molar-refractivity contribution in [3.05, 3.63) is 40.1 Å². The molecule has 1 aliphatic rings. The predicted octanol–water partition coefficient (Wildman–Crippen LogP) is 5.26. The SMILES string of the molecule is COC=C[C@@H]1C[C@H](c2c(OC)ccc(Cl)c2Cl)CN1C(=O)OC(C)(C)C. The van der Waals surface area contributed by atoms with Gasteiger partial charge in [-0.1, -0.05) is 23.2 Å². The van der Waals surface area contributed by atoms with Gasteiger partial charge in [0.1, 0.15) is 11.4 Å². The van der Waals surface area contributed by atoms with Gasteiger partial charge in [0, 0.05) is 18.0 Å². The number of nitrogens with zero attached hydrogens (tertiary/aromatic N) is 1. The van der Waals surface area contributed by atoms with E-state index < -0.39 is 5.60 Å². The van der Waals surface area contributed by atoms with Crippen LogP contribution in [0.3, 0.4) is 0 Å². The minimum absolute atomic E-state index is 0.0322. The van der Waals surface area contributed by atoms with Gasteiger partial charge in [-0.15, -0.1) is 0 Å². The molecule has 0 aliphatic carbocycles. The van der Waals surface area contributed by atoms with Gasteiger partial charge in [-0.3, -0.25) is 0 Å². The van der Waals surface area contributed by atoms with E-state index in [-0.39, 0.29) is 18.1 Å². The number of rotatable bonds is 4. The minimum atomic E-state index is -0.573. The van der Waals surface area contributed by atoms with Crippen LogP contribution in [0.25, 0.3) is 0 Å². The summed E-state index contributed by atoms with van der Waals surface area (Å²) in [6.07, 6.45) is 3.70. The molecule has 0 radical (unpaired) electrons. The van der Waals surface area contributed by atoms with Crippen LogP contribution >= 0.6 is 23.2 Å². The van der Waals surface area contributed by atoms with Crippen LogP contribution < -0.4 is 4.74 Å². The van der Waals surface area contributed by atoms with Crippen LogP contribution in [-0.4, -0.2) is 43.4 Å². The molecule has 2 rings (SSSR count).